The van der Waals surface area contributed by atoms with Crippen molar-refractivity contribution in [3.63, 3.8) is 0 Å². The van der Waals surface area contributed by atoms with Crippen molar-refractivity contribution in [2.45, 2.75) is 62.4 Å². The maximum atomic E-state index is 14.2. The Bertz CT molecular complexity index is 2530. The summed E-state index contributed by atoms with van der Waals surface area (Å²) in [6.07, 6.45) is -52.3. The Morgan fingerprint density at radius 2 is 0.589 bits per heavy atom. The lowest BCUT2D eigenvalue weighted by Gasteiger charge is -2.46. The Balaban J connectivity index is 0.000000520. The number of halogens is 24. The van der Waals surface area contributed by atoms with Crippen LogP contribution in [-0.2, 0) is 62.4 Å². The summed E-state index contributed by atoms with van der Waals surface area (Å²) in [6.45, 7) is 0.818. The van der Waals surface area contributed by atoms with Gasteiger partial charge in [-0.25, -0.2) is 0 Å². The van der Waals surface area contributed by atoms with Gasteiger partial charge in [-0.15, -0.1) is 0 Å². The number of hydrogen-bond donors (Lipinski definition) is 0. The van der Waals surface area contributed by atoms with Gasteiger partial charge in [0.25, 0.3) is 0 Å². The van der Waals surface area contributed by atoms with E-state index in [9.17, 15) is 105 Å². The van der Waals surface area contributed by atoms with Gasteiger partial charge < -0.3 is 0 Å². The number of rotatable bonds is 7. The van der Waals surface area contributed by atoms with Gasteiger partial charge in [-0.2, -0.15) is 137 Å². The van der Waals surface area contributed by atoms with Crippen molar-refractivity contribution in [2.75, 3.05) is 0 Å². The van der Waals surface area contributed by atoms with E-state index in [2.05, 4.69) is 22.8 Å². The van der Waals surface area contributed by atoms with Gasteiger partial charge in [0, 0.05) is 17.7 Å². The Morgan fingerprint density at radius 3 is 0.822 bits per heavy atom. The highest BCUT2D eigenvalue weighted by molar-refractivity contribution is 7.20. The first-order valence-corrected chi connectivity index (χ1v) is 19.9. The van der Waals surface area contributed by atoms with Crippen LogP contribution < -0.4 is 26.4 Å². The predicted molar refractivity (Wildman–Crippen MR) is 212 cm³/mol. The fourth-order valence-electron chi connectivity index (χ4n) is 7.76. The number of aromatic nitrogens is 1. The van der Waals surface area contributed by atoms with E-state index in [1.807, 2.05) is 42.6 Å². The molecule has 0 saturated carbocycles. The molecule has 1 aromatic heterocycles. The van der Waals surface area contributed by atoms with E-state index in [0.29, 0.717) is 6.42 Å². The summed E-state index contributed by atoms with van der Waals surface area (Å²) < 4.78 is 343. The van der Waals surface area contributed by atoms with Crippen LogP contribution in [0.5, 0.6) is 0 Å². The maximum absolute atomic E-state index is 14.2. The fourth-order valence-corrected chi connectivity index (χ4v) is 7.76. The molecular weight excluding hydrogens is 1050 g/mol. The maximum Gasteiger partial charge on any atom is 0.416 e. The van der Waals surface area contributed by atoms with Gasteiger partial charge in [-0.3, -0.25) is 0 Å². The molecule has 0 bridgehead atoms. The number of hydrogen-bond acceptors (Lipinski definition) is 1. The van der Waals surface area contributed by atoms with Gasteiger partial charge in [0.1, 0.15) is 12.6 Å². The lowest BCUT2D eigenvalue weighted by molar-refractivity contribution is -0.695. The molecule has 0 unspecified atom stereocenters. The largest absolute Gasteiger partial charge is 0.416 e. The first-order chi connectivity index (χ1) is 33.2. The van der Waals surface area contributed by atoms with Crippen molar-refractivity contribution in [1.29, 1.82) is 5.26 Å². The zero-order chi connectivity index (χ0) is 55.1. The summed E-state index contributed by atoms with van der Waals surface area (Å²) in [5, 5.41) is 8.75. The fraction of sp³-hybridized carbons (Fsp3) is 0.217. The average molecular weight is 1070 g/mol. The summed E-state index contributed by atoms with van der Waals surface area (Å²) in [5.41, 5.74) is -27.9. The summed E-state index contributed by atoms with van der Waals surface area (Å²) in [7, 11) is 0. The van der Waals surface area contributed by atoms with Crippen LogP contribution in [-0.4, -0.2) is 6.15 Å². The topological polar surface area (TPSA) is 27.7 Å². The molecule has 390 valence electrons. The summed E-state index contributed by atoms with van der Waals surface area (Å²) in [6, 6.07) is 9.58. The van der Waals surface area contributed by atoms with Crippen LogP contribution in [0.25, 0.3) is 0 Å². The lowest BCUT2D eigenvalue weighted by Crippen LogP contribution is -2.75. The molecule has 6 aromatic rings. The smallest absolute Gasteiger partial charge is 0.198 e. The monoisotopic (exact) mass is 1070 g/mol. The summed E-state index contributed by atoms with van der Waals surface area (Å²) >= 11 is 0. The first-order valence-electron chi connectivity index (χ1n) is 19.9. The van der Waals surface area contributed by atoms with Crippen molar-refractivity contribution in [3.05, 3.63) is 183 Å². The summed E-state index contributed by atoms with van der Waals surface area (Å²) in [4.78, 5) is 0. The molecule has 1 heterocycles. The van der Waals surface area contributed by atoms with Gasteiger partial charge in [-0.1, -0.05) is 84.9 Å². The minimum atomic E-state index is -6.13. The van der Waals surface area contributed by atoms with Crippen molar-refractivity contribution in [2.24, 2.45) is 0 Å². The molecular formula is C46H25BF24N2. The Labute approximate surface area is 394 Å². The second kappa shape index (κ2) is 19.9. The van der Waals surface area contributed by atoms with Crippen LogP contribution in [0.15, 0.2) is 128 Å². The molecule has 0 aliphatic rings. The summed E-state index contributed by atoms with van der Waals surface area (Å²) in [5.74, 6) is 0. The van der Waals surface area contributed by atoms with E-state index in [1.165, 1.54) is 5.56 Å². The Hall–Kier alpha value is -6.88. The van der Waals surface area contributed by atoms with E-state index in [-0.39, 0.29) is 0 Å². The molecule has 0 aliphatic heterocycles. The zero-order valence-corrected chi connectivity index (χ0v) is 35.6. The standard InChI is InChI=1S/C32H12BF24.C14H13N2/c34-25(35,36)13-1-14(26(37,38)39)6-21(5-13)33(22-7-15(27(40,41)42)2-16(8-22)28(43,44)45,23-9-17(29(46,47)48)3-18(10-23)30(49,50)51)24-11-19(31(52,53)54)4-20(12-24)32(55,56)57;15-10-9-14-8-4-5-11-16(14)12-13-6-2-1-3-7-13/h1-12H;1-8,11H,9,12H2/q-1;+1. The Morgan fingerprint density at radius 1 is 0.342 bits per heavy atom. The molecule has 0 amide bonds. The van der Waals surface area contributed by atoms with E-state index in [0.717, 1.165) is 12.2 Å². The van der Waals surface area contributed by atoms with Gasteiger partial charge in [0.15, 0.2) is 18.4 Å². The van der Waals surface area contributed by atoms with Crippen molar-refractivity contribution in [1.82, 2.24) is 0 Å². The lowest BCUT2D eigenvalue weighted by atomic mass is 9.12. The van der Waals surface area contributed by atoms with E-state index in [1.54, 1.807) is 0 Å². The highest BCUT2D eigenvalue weighted by Gasteiger charge is 2.47. The SMILES string of the molecule is FC(F)(F)c1cc([B-](c2cc(C(F)(F)F)cc(C(F)(F)F)c2)(c2cc(C(F)(F)F)cc(C(F)(F)F)c2)c2cc(C(F)(F)F)cc(C(F)(F)F)c2)cc(C(F)(F)F)c1.N#CCc1cccc[n+]1Cc1ccccc1. The molecule has 0 fully saturated rings. The molecule has 73 heavy (non-hydrogen) atoms. The minimum absolute atomic E-state index is 0.452. The van der Waals surface area contributed by atoms with Crippen LogP contribution in [0.4, 0.5) is 105 Å². The van der Waals surface area contributed by atoms with Crippen LogP contribution in [0.2, 0.25) is 0 Å². The zero-order valence-electron chi connectivity index (χ0n) is 35.6. The van der Waals surface area contributed by atoms with E-state index < -0.39 is 195 Å². The van der Waals surface area contributed by atoms with Crippen LogP contribution in [0.1, 0.15) is 55.8 Å². The quantitative estimate of drug-likeness (QED) is 0.0889. The third-order valence-corrected chi connectivity index (χ3v) is 10.9. The molecule has 0 spiro atoms. The van der Waals surface area contributed by atoms with E-state index >= 15 is 0 Å². The second-order valence-electron chi connectivity index (χ2n) is 15.9. The first kappa shape index (κ1) is 57.0. The highest BCUT2D eigenvalue weighted by Crippen LogP contribution is 2.41. The molecule has 2 nitrogen and oxygen atoms in total. The van der Waals surface area contributed by atoms with Crippen molar-refractivity contribution >= 4 is 28.0 Å². The van der Waals surface area contributed by atoms with Crippen LogP contribution in [0, 0.1) is 11.3 Å². The molecule has 0 N–H and O–H groups in total. The Kier molecular flexibility index (Phi) is 15.5. The predicted octanol–water partition coefficient (Wildman–Crippen LogP) is 13.3. The third kappa shape index (κ3) is 13.4. The van der Waals surface area contributed by atoms with Crippen molar-refractivity contribution < 1.29 is 110 Å². The molecule has 27 heteroatoms. The number of nitrogens with zero attached hydrogens (tertiary/aromatic N) is 2. The average Bonchev–Trinajstić information content (AvgIpc) is 3.25. The normalized spacial score (nSPS) is 13.3. The number of benzene rings is 5. The number of alkyl halides is 24. The molecule has 0 saturated heterocycles. The third-order valence-electron chi connectivity index (χ3n) is 10.9. The molecule has 6 rings (SSSR count). The van der Waals surface area contributed by atoms with Crippen molar-refractivity contribution in [3.8, 4) is 6.07 Å². The second-order valence-corrected chi connectivity index (χ2v) is 15.9. The molecule has 0 aliphatic carbocycles. The van der Waals surface area contributed by atoms with Crippen LogP contribution in [0.3, 0.4) is 0 Å². The number of nitriles is 1. The van der Waals surface area contributed by atoms with E-state index in [4.69, 9.17) is 5.26 Å². The van der Waals surface area contributed by atoms with Gasteiger partial charge >= 0.3 is 49.4 Å². The minimum Gasteiger partial charge on any atom is -0.198 e. The molecule has 0 atom stereocenters. The number of pyridine rings is 1. The highest BCUT2D eigenvalue weighted by atomic mass is 19.4. The van der Waals surface area contributed by atoms with Gasteiger partial charge in [0.05, 0.1) is 50.6 Å². The molecule has 5 aromatic carbocycles. The molecule has 0 radical (unpaired) electrons. The van der Waals surface area contributed by atoms with Crippen LogP contribution >= 0.6 is 0 Å². The van der Waals surface area contributed by atoms with Gasteiger partial charge in [0.2, 0.25) is 0 Å². The van der Waals surface area contributed by atoms with Gasteiger partial charge in [-0.05, 0) is 24.3 Å².